The van der Waals surface area contributed by atoms with Gasteiger partial charge in [-0.3, -0.25) is 9.59 Å². The SMILES string of the molecule is CC(C)(C)OC(=O)C(N)CC(=O)c1ccc(Cl)cc1Cl. The molecule has 0 fully saturated rings. The number of esters is 1. The number of carbonyl (C=O) groups excluding carboxylic acids is 2. The molecule has 0 aliphatic heterocycles. The molecule has 4 nitrogen and oxygen atoms in total. The number of ketones is 1. The van der Waals surface area contributed by atoms with Crippen molar-refractivity contribution >= 4 is 35.0 Å². The van der Waals surface area contributed by atoms with Crippen molar-refractivity contribution in [2.24, 2.45) is 5.73 Å². The molecule has 1 aromatic rings. The molecule has 1 rings (SSSR count). The summed E-state index contributed by atoms with van der Waals surface area (Å²) in [4.78, 5) is 23.8. The molecule has 0 bridgehead atoms. The van der Waals surface area contributed by atoms with E-state index in [2.05, 4.69) is 0 Å². The predicted molar refractivity (Wildman–Crippen MR) is 79.2 cm³/mol. The maximum absolute atomic E-state index is 12.0. The summed E-state index contributed by atoms with van der Waals surface area (Å²) in [6, 6.07) is 3.51. The Kier molecular flexibility index (Phi) is 5.57. The largest absolute Gasteiger partial charge is 0.459 e. The Labute approximate surface area is 128 Å². The molecule has 0 amide bonds. The third-order valence-corrected chi connectivity index (χ3v) is 2.89. The molecule has 0 radical (unpaired) electrons. The van der Waals surface area contributed by atoms with Gasteiger partial charge in [-0.15, -0.1) is 0 Å². The Morgan fingerprint density at radius 2 is 1.90 bits per heavy atom. The molecule has 1 aromatic carbocycles. The molecule has 6 heteroatoms. The first kappa shape index (κ1) is 17.0. The smallest absolute Gasteiger partial charge is 0.323 e. The van der Waals surface area contributed by atoms with Gasteiger partial charge in [0.1, 0.15) is 11.6 Å². The molecule has 0 saturated carbocycles. The Balaban J connectivity index is 2.73. The number of hydrogen-bond acceptors (Lipinski definition) is 4. The number of carbonyl (C=O) groups is 2. The summed E-state index contributed by atoms with van der Waals surface area (Å²) in [5, 5.41) is 0.668. The second kappa shape index (κ2) is 6.57. The van der Waals surface area contributed by atoms with Crippen molar-refractivity contribution in [3.05, 3.63) is 33.8 Å². The Morgan fingerprint density at radius 1 is 1.30 bits per heavy atom. The molecule has 0 aromatic heterocycles. The minimum Gasteiger partial charge on any atom is -0.459 e. The quantitative estimate of drug-likeness (QED) is 0.683. The zero-order valence-electron chi connectivity index (χ0n) is 11.6. The highest BCUT2D eigenvalue weighted by Crippen LogP contribution is 2.22. The lowest BCUT2D eigenvalue weighted by Crippen LogP contribution is -2.38. The van der Waals surface area contributed by atoms with Gasteiger partial charge in [0.25, 0.3) is 0 Å². The van der Waals surface area contributed by atoms with E-state index in [-0.39, 0.29) is 22.8 Å². The van der Waals surface area contributed by atoms with Gasteiger partial charge in [0.15, 0.2) is 5.78 Å². The van der Waals surface area contributed by atoms with E-state index in [1.807, 2.05) is 0 Å². The number of nitrogens with two attached hydrogens (primary N) is 1. The third kappa shape index (κ3) is 5.12. The molecule has 0 aliphatic carbocycles. The normalized spacial score (nSPS) is 12.9. The van der Waals surface area contributed by atoms with Crippen LogP contribution in [0.4, 0.5) is 0 Å². The van der Waals surface area contributed by atoms with Crippen molar-refractivity contribution in [2.45, 2.75) is 38.8 Å². The second-order valence-corrected chi connectivity index (χ2v) is 6.24. The summed E-state index contributed by atoms with van der Waals surface area (Å²) in [5.41, 5.74) is 5.32. The number of ether oxygens (including phenoxy) is 1. The van der Waals surface area contributed by atoms with Crippen LogP contribution in [0.15, 0.2) is 18.2 Å². The van der Waals surface area contributed by atoms with Crippen LogP contribution in [0.25, 0.3) is 0 Å². The second-order valence-electron chi connectivity index (χ2n) is 5.39. The molecule has 0 aliphatic rings. The van der Waals surface area contributed by atoms with E-state index in [0.717, 1.165) is 0 Å². The number of Topliss-reactive ketones (excluding diaryl/α,β-unsaturated/α-hetero) is 1. The van der Waals surface area contributed by atoms with Crippen LogP contribution in [0.5, 0.6) is 0 Å². The predicted octanol–water partition coefficient (Wildman–Crippen LogP) is 3.24. The van der Waals surface area contributed by atoms with Gasteiger partial charge in [0.05, 0.1) is 5.02 Å². The molecular formula is C14H17Cl2NO3. The van der Waals surface area contributed by atoms with Crippen LogP contribution in [0.1, 0.15) is 37.6 Å². The molecule has 1 unspecified atom stereocenters. The van der Waals surface area contributed by atoms with Crippen LogP contribution >= 0.6 is 23.2 Å². The van der Waals surface area contributed by atoms with E-state index in [0.29, 0.717) is 5.02 Å². The van der Waals surface area contributed by atoms with Gasteiger partial charge in [0, 0.05) is 17.0 Å². The molecule has 1 atom stereocenters. The molecule has 0 spiro atoms. The van der Waals surface area contributed by atoms with E-state index in [1.54, 1.807) is 26.8 Å². The Hall–Kier alpha value is -1.10. The van der Waals surface area contributed by atoms with Crippen LogP contribution in [0.2, 0.25) is 10.0 Å². The van der Waals surface area contributed by atoms with Crippen LogP contribution in [0, 0.1) is 0 Å². The molecule has 110 valence electrons. The van der Waals surface area contributed by atoms with Crippen molar-refractivity contribution < 1.29 is 14.3 Å². The number of benzene rings is 1. The maximum atomic E-state index is 12.0. The maximum Gasteiger partial charge on any atom is 0.323 e. The van der Waals surface area contributed by atoms with Crippen LogP contribution in [0.3, 0.4) is 0 Å². The molecule has 0 saturated heterocycles. The van der Waals surface area contributed by atoms with Crippen LogP contribution < -0.4 is 5.73 Å². The highest BCUT2D eigenvalue weighted by atomic mass is 35.5. The molecule has 20 heavy (non-hydrogen) atoms. The van der Waals surface area contributed by atoms with Gasteiger partial charge in [-0.1, -0.05) is 23.2 Å². The van der Waals surface area contributed by atoms with Crippen molar-refractivity contribution in [3.8, 4) is 0 Å². The van der Waals surface area contributed by atoms with Crippen LogP contribution in [-0.2, 0) is 9.53 Å². The average molecular weight is 318 g/mol. The highest BCUT2D eigenvalue weighted by molar-refractivity contribution is 6.36. The third-order valence-electron chi connectivity index (χ3n) is 2.35. The standard InChI is InChI=1S/C14H17Cl2NO3/c1-14(2,3)20-13(19)11(17)7-12(18)9-5-4-8(15)6-10(9)16/h4-6,11H,7,17H2,1-3H3. The fraction of sp³-hybridized carbons (Fsp3) is 0.429. The topological polar surface area (TPSA) is 69.4 Å². The zero-order chi connectivity index (χ0) is 15.5. The minimum absolute atomic E-state index is 0.170. The van der Waals surface area contributed by atoms with Crippen molar-refractivity contribution in [1.29, 1.82) is 0 Å². The summed E-state index contributed by atoms with van der Waals surface area (Å²) >= 11 is 11.7. The number of rotatable bonds is 4. The summed E-state index contributed by atoms with van der Waals surface area (Å²) in [5.74, 6) is -0.944. The zero-order valence-corrected chi connectivity index (χ0v) is 13.1. The van der Waals surface area contributed by atoms with Crippen molar-refractivity contribution in [2.75, 3.05) is 0 Å². The van der Waals surface area contributed by atoms with E-state index < -0.39 is 17.6 Å². The molecular weight excluding hydrogens is 301 g/mol. The van der Waals surface area contributed by atoms with Gasteiger partial charge in [-0.2, -0.15) is 0 Å². The van der Waals surface area contributed by atoms with E-state index in [9.17, 15) is 9.59 Å². The van der Waals surface area contributed by atoms with E-state index in [4.69, 9.17) is 33.7 Å². The summed E-state index contributed by atoms with van der Waals surface area (Å²) in [7, 11) is 0. The average Bonchev–Trinajstić information content (AvgIpc) is 2.26. The van der Waals surface area contributed by atoms with Crippen molar-refractivity contribution in [1.82, 2.24) is 0 Å². The molecule has 2 N–H and O–H groups in total. The lowest BCUT2D eigenvalue weighted by atomic mass is 10.0. The monoisotopic (exact) mass is 317 g/mol. The number of hydrogen-bond donors (Lipinski definition) is 1. The van der Waals surface area contributed by atoms with Crippen molar-refractivity contribution in [3.63, 3.8) is 0 Å². The van der Waals surface area contributed by atoms with Gasteiger partial charge < -0.3 is 10.5 Å². The first-order valence-electron chi connectivity index (χ1n) is 6.07. The van der Waals surface area contributed by atoms with E-state index >= 15 is 0 Å². The molecule has 0 heterocycles. The van der Waals surface area contributed by atoms with Crippen LogP contribution in [-0.4, -0.2) is 23.4 Å². The fourth-order valence-corrected chi connectivity index (χ4v) is 2.00. The van der Waals surface area contributed by atoms with Gasteiger partial charge >= 0.3 is 5.97 Å². The Bertz CT molecular complexity index is 524. The first-order valence-corrected chi connectivity index (χ1v) is 6.82. The Morgan fingerprint density at radius 3 is 2.40 bits per heavy atom. The van der Waals surface area contributed by atoms with Gasteiger partial charge in [-0.25, -0.2) is 0 Å². The van der Waals surface area contributed by atoms with Gasteiger partial charge in [-0.05, 0) is 39.0 Å². The summed E-state index contributed by atoms with van der Waals surface area (Å²) in [6.45, 7) is 5.19. The fourth-order valence-electron chi connectivity index (χ4n) is 1.49. The number of halogens is 2. The lowest BCUT2D eigenvalue weighted by molar-refractivity contribution is -0.156. The first-order chi connectivity index (χ1) is 9.10. The van der Waals surface area contributed by atoms with E-state index in [1.165, 1.54) is 12.1 Å². The van der Waals surface area contributed by atoms with Gasteiger partial charge in [0.2, 0.25) is 0 Å². The minimum atomic E-state index is -1.02. The highest BCUT2D eigenvalue weighted by Gasteiger charge is 2.25. The lowest BCUT2D eigenvalue weighted by Gasteiger charge is -2.22. The summed E-state index contributed by atoms with van der Waals surface area (Å²) in [6.07, 6.45) is -0.170. The summed E-state index contributed by atoms with van der Waals surface area (Å²) < 4.78 is 5.12.